The van der Waals surface area contributed by atoms with Crippen LogP contribution in [-0.2, 0) is 13.0 Å². The van der Waals surface area contributed by atoms with Crippen LogP contribution in [-0.4, -0.2) is 6.54 Å². The average Bonchev–Trinajstić information content (AvgIpc) is 2.28. The minimum absolute atomic E-state index is 1.02. The third-order valence-corrected chi connectivity index (χ3v) is 2.66. The number of nitrogens with one attached hydrogen (secondary N) is 1. The first-order chi connectivity index (χ1) is 7.38. The molecule has 0 atom stereocenters. The number of benzene rings is 1. The molecule has 0 unspecified atom stereocenters. The molecule has 0 bridgehead atoms. The molecule has 0 aromatic heterocycles. The van der Waals surface area contributed by atoms with Crippen LogP contribution in [0.4, 0.5) is 0 Å². The normalized spacial score (nSPS) is 10.5. The van der Waals surface area contributed by atoms with Gasteiger partial charge in [-0.1, -0.05) is 44.5 Å². The minimum Gasteiger partial charge on any atom is -0.313 e. The van der Waals surface area contributed by atoms with E-state index in [0.717, 1.165) is 13.1 Å². The Kier molecular flexibility index (Phi) is 6.10. The molecule has 1 aromatic rings. The summed E-state index contributed by atoms with van der Waals surface area (Å²) in [5, 5.41) is 3.47. The molecule has 0 spiro atoms. The van der Waals surface area contributed by atoms with Gasteiger partial charge in [-0.15, -0.1) is 0 Å². The maximum Gasteiger partial charge on any atom is 0.0208 e. The van der Waals surface area contributed by atoms with Crippen molar-refractivity contribution in [3.8, 4) is 0 Å². The number of rotatable bonds is 7. The Morgan fingerprint density at radius 2 is 1.73 bits per heavy atom. The summed E-state index contributed by atoms with van der Waals surface area (Å²) in [6, 6.07) is 8.79. The summed E-state index contributed by atoms with van der Waals surface area (Å²) in [4.78, 5) is 0. The van der Waals surface area contributed by atoms with E-state index in [0.29, 0.717) is 0 Å². The predicted octanol–water partition coefficient (Wildman–Crippen LogP) is 3.53. The Balaban J connectivity index is 2.52. The Bertz CT molecular complexity index is 268. The van der Waals surface area contributed by atoms with E-state index in [1.807, 2.05) is 0 Å². The fourth-order valence-electron chi connectivity index (χ4n) is 1.74. The first kappa shape index (κ1) is 12.3. The van der Waals surface area contributed by atoms with Crippen molar-refractivity contribution < 1.29 is 0 Å². The largest absolute Gasteiger partial charge is 0.313 e. The maximum absolute atomic E-state index is 3.47. The summed E-state index contributed by atoms with van der Waals surface area (Å²) in [6.45, 7) is 6.59. The molecule has 1 N–H and O–H groups in total. The highest BCUT2D eigenvalue weighted by Gasteiger charge is 2.00. The first-order valence-corrected chi connectivity index (χ1v) is 6.16. The van der Waals surface area contributed by atoms with Crippen LogP contribution in [0.15, 0.2) is 24.3 Å². The molecule has 0 amide bonds. The molecule has 1 rings (SSSR count). The molecule has 0 radical (unpaired) electrons. The third kappa shape index (κ3) is 4.48. The molecule has 0 saturated heterocycles. The average molecular weight is 205 g/mol. The van der Waals surface area contributed by atoms with Crippen molar-refractivity contribution in [1.29, 1.82) is 0 Å². The van der Waals surface area contributed by atoms with Gasteiger partial charge < -0.3 is 5.32 Å². The van der Waals surface area contributed by atoms with E-state index in [2.05, 4.69) is 43.4 Å². The van der Waals surface area contributed by atoms with Crippen molar-refractivity contribution in [1.82, 2.24) is 5.32 Å². The van der Waals surface area contributed by atoms with E-state index in [-0.39, 0.29) is 0 Å². The topological polar surface area (TPSA) is 12.0 Å². The summed E-state index contributed by atoms with van der Waals surface area (Å²) in [7, 11) is 0. The van der Waals surface area contributed by atoms with Gasteiger partial charge in [0.1, 0.15) is 0 Å². The van der Waals surface area contributed by atoms with E-state index in [1.54, 1.807) is 0 Å². The Morgan fingerprint density at radius 3 is 2.40 bits per heavy atom. The van der Waals surface area contributed by atoms with Crippen molar-refractivity contribution in [3.05, 3.63) is 35.4 Å². The second kappa shape index (κ2) is 7.47. The molecule has 15 heavy (non-hydrogen) atoms. The lowest BCUT2D eigenvalue weighted by molar-refractivity contribution is 0.667. The number of aryl methyl sites for hydroxylation is 1. The van der Waals surface area contributed by atoms with Crippen molar-refractivity contribution >= 4 is 0 Å². The Hall–Kier alpha value is -0.820. The molecule has 0 aliphatic heterocycles. The zero-order valence-corrected chi connectivity index (χ0v) is 10.1. The van der Waals surface area contributed by atoms with Gasteiger partial charge >= 0.3 is 0 Å². The number of unbranched alkanes of at least 4 members (excludes halogenated alkanes) is 1. The smallest absolute Gasteiger partial charge is 0.0208 e. The molecule has 1 aromatic carbocycles. The predicted molar refractivity (Wildman–Crippen MR) is 67.1 cm³/mol. The quantitative estimate of drug-likeness (QED) is 0.671. The van der Waals surface area contributed by atoms with Crippen LogP contribution in [0.5, 0.6) is 0 Å². The lowest BCUT2D eigenvalue weighted by atomic mass is 10.0. The van der Waals surface area contributed by atoms with Gasteiger partial charge in [0.15, 0.2) is 0 Å². The van der Waals surface area contributed by atoms with Gasteiger partial charge in [-0.2, -0.15) is 0 Å². The zero-order chi connectivity index (χ0) is 10.9. The molecule has 1 heteroatoms. The maximum atomic E-state index is 3.47. The van der Waals surface area contributed by atoms with Crippen LogP contribution >= 0.6 is 0 Å². The van der Waals surface area contributed by atoms with Crippen LogP contribution in [0.2, 0.25) is 0 Å². The molecule has 0 saturated carbocycles. The van der Waals surface area contributed by atoms with Crippen molar-refractivity contribution in [3.63, 3.8) is 0 Å². The molecule has 0 aliphatic carbocycles. The highest BCUT2D eigenvalue weighted by atomic mass is 14.8. The molecular weight excluding hydrogens is 182 g/mol. The van der Waals surface area contributed by atoms with Gasteiger partial charge in [0.05, 0.1) is 0 Å². The third-order valence-electron chi connectivity index (χ3n) is 2.66. The lowest BCUT2D eigenvalue weighted by Gasteiger charge is -2.09. The lowest BCUT2D eigenvalue weighted by Crippen LogP contribution is -2.15. The van der Waals surface area contributed by atoms with Crippen LogP contribution in [0.1, 0.15) is 44.2 Å². The van der Waals surface area contributed by atoms with Crippen molar-refractivity contribution in [2.75, 3.05) is 6.54 Å². The van der Waals surface area contributed by atoms with E-state index >= 15 is 0 Å². The van der Waals surface area contributed by atoms with Gasteiger partial charge in [-0.25, -0.2) is 0 Å². The minimum atomic E-state index is 1.02. The van der Waals surface area contributed by atoms with Gasteiger partial charge in [-0.05, 0) is 36.9 Å². The van der Waals surface area contributed by atoms with E-state index in [1.165, 1.54) is 36.8 Å². The fourth-order valence-corrected chi connectivity index (χ4v) is 1.74. The Labute approximate surface area is 93.9 Å². The van der Waals surface area contributed by atoms with Crippen molar-refractivity contribution in [2.24, 2.45) is 0 Å². The van der Waals surface area contributed by atoms with Crippen LogP contribution in [0, 0.1) is 0 Å². The molecule has 0 fully saturated rings. The molecule has 0 aliphatic rings. The summed E-state index contributed by atoms with van der Waals surface area (Å²) < 4.78 is 0. The standard InChI is InChI=1S/C14H23N/c1-3-5-8-13-9-6-7-10-14(13)12-15-11-4-2/h6-7,9-10,15H,3-5,8,11-12H2,1-2H3. The second-order valence-electron chi connectivity index (χ2n) is 4.05. The molecular formula is C14H23N. The molecule has 0 heterocycles. The van der Waals surface area contributed by atoms with Crippen LogP contribution in [0.25, 0.3) is 0 Å². The monoisotopic (exact) mass is 205 g/mol. The molecule has 1 nitrogen and oxygen atoms in total. The SMILES string of the molecule is CCCCc1ccccc1CNCCC. The summed E-state index contributed by atoms with van der Waals surface area (Å²) in [6.07, 6.45) is 5.00. The second-order valence-corrected chi connectivity index (χ2v) is 4.05. The number of hydrogen-bond donors (Lipinski definition) is 1. The zero-order valence-electron chi connectivity index (χ0n) is 10.1. The van der Waals surface area contributed by atoms with Gasteiger partial charge in [0.2, 0.25) is 0 Å². The van der Waals surface area contributed by atoms with Gasteiger partial charge in [-0.3, -0.25) is 0 Å². The van der Waals surface area contributed by atoms with E-state index in [9.17, 15) is 0 Å². The summed E-state index contributed by atoms with van der Waals surface area (Å²) >= 11 is 0. The molecule has 84 valence electrons. The first-order valence-electron chi connectivity index (χ1n) is 6.16. The van der Waals surface area contributed by atoms with Gasteiger partial charge in [0, 0.05) is 6.54 Å². The number of hydrogen-bond acceptors (Lipinski definition) is 1. The highest BCUT2D eigenvalue weighted by Crippen LogP contribution is 2.11. The summed E-state index contributed by atoms with van der Waals surface area (Å²) in [5.41, 5.74) is 2.99. The summed E-state index contributed by atoms with van der Waals surface area (Å²) in [5.74, 6) is 0. The fraction of sp³-hybridized carbons (Fsp3) is 0.571. The van der Waals surface area contributed by atoms with E-state index < -0.39 is 0 Å². The van der Waals surface area contributed by atoms with Gasteiger partial charge in [0.25, 0.3) is 0 Å². The van der Waals surface area contributed by atoms with Crippen molar-refractivity contribution in [2.45, 2.75) is 46.1 Å². The Morgan fingerprint density at radius 1 is 1.00 bits per heavy atom. The van der Waals surface area contributed by atoms with Crippen LogP contribution in [0.3, 0.4) is 0 Å². The van der Waals surface area contributed by atoms with Crippen LogP contribution < -0.4 is 5.32 Å². The highest BCUT2D eigenvalue weighted by molar-refractivity contribution is 5.27. The van der Waals surface area contributed by atoms with E-state index in [4.69, 9.17) is 0 Å².